The number of likely N-dealkylation sites (tertiary alicyclic amines) is 1. The number of carbonyl (C=O) groups excluding carboxylic acids is 1. The van der Waals surface area contributed by atoms with Crippen LogP contribution in [0.2, 0.25) is 0 Å². The summed E-state index contributed by atoms with van der Waals surface area (Å²) in [6.07, 6.45) is 7.84. The first-order chi connectivity index (χ1) is 10.7. The Hall–Kier alpha value is -2.70. The van der Waals surface area contributed by atoms with Gasteiger partial charge < -0.3 is 4.90 Å². The van der Waals surface area contributed by atoms with Crippen LogP contribution in [0.4, 0.5) is 0 Å². The molecule has 1 atom stereocenters. The van der Waals surface area contributed by atoms with Gasteiger partial charge in [0, 0.05) is 37.1 Å². The van der Waals surface area contributed by atoms with E-state index in [1.54, 1.807) is 29.2 Å². The van der Waals surface area contributed by atoms with Crippen LogP contribution in [0.1, 0.15) is 34.0 Å². The fraction of sp³-hybridized carbons (Fsp3) is 0.333. The third-order valence-electron chi connectivity index (χ3n) is 4.26. The number of hydrogen-bond donors (Lipinski definition) is 1. The van der Waals surface area contributed by atoms with Crippen molar-refractivity contribution in [2.45, 2.75) is 19.3 Å². The van der Waals surface area contributed by atoms with Crippen LogP contribution in [-0.4, -0.2) is 48.7 Å². The number of nitrogens with one attached hydrogen (secondary N) is 1. The van der Waals surface area contributed by atoms with Gasteiger partial charge in [-0.2, -0.15) is 10.2 Å². The number of H-pyrrole nitrogens is 1. The Morgan fingerprint density at radius 1 is 1.41 bits per heavy atom. The van der Waals surface area contributed by atoms with Crippen molar-refractivity contribution in [3.63, 3.8) is 0 Å². The largest absolute Gasteiger partial charge is 0.338 e. The third-order valence-corrected chi connectivity index (χ3v) is 4.26. The van der Waals surface area contributed by atoms with Crippen molar-refractivity contribution in [2.75, 3.05) is 13.1 Å². The molecule has 1 aliphatic heterocycles. The minimum atomic E-state index is -0.00614. The Morgan fingerprint density at radius 3 is 3.14 bits per heavy atom. The molecular weight excluding hydrogens is 280 g/mol. The lowest BCUT2D eigenvalue weighted by atomic mass is 10.0. The van der Waals surface area contributed by atoms with Crippen LogP contribution in [0.15, 0.2) is 30.9 Å². The van der Waals surface area contributed by atoms with Crippen molar-refractivity contribution in [1.29, 1.82) is 0 Å². The molecule has 0 unspecified atom stereocenters. The first-order valence-electron chi connectivity index (χ1n) is 7.31. The second kappa shape index (κ2) is 4.94. The Labute approximate surface area is 127 Å². The van der Waals surface area contributed by atoms with Crippen molar-refractivity contribution >= 4 is 11.6 Å². The highest BCUT2D eigenvalue weighted by atomic mass is 16.2. The molecule has 0 bridgehead atoms. The van der Waals surface area contributed by atoms with E-state index in [9.17, 15) is 4.79 Å². The highest BCUT2D eigenvalue weighted by Gasteiger charge is 2.31. The van der Waals surface area contributed by atoms with E-state index in [1.807, 2.05) is 18.0 Å². The minimum absolute atomic E-state index is 0.00614. The molecule has 1 N–H and O–H groups in total. The SMILES string of the molecule is Cc1cn[nH]c1[C@@H]1CCN(C(=O)c2cnn3cccnc23)C1. The maximum Gasteiger partial charge on any atom is 0.259 e. The van der Waals surface area contributed by atoms with Gasteiger partial charge in [0.15, 0.2) is 5.65 Å². The molecule has 22 heavy (non-hydrogen) atoms. The van der Waals surface area contributed by atoms with E-state index in [0.29, 0.717) is 23.7 Å². The molecule has 0 radical (unpaired) electrons. The van der Waals surface area contributed by atoms with Crippen LogP contribution < -0.4 is 0 Å². The molecule has 7 nitrogen and oxygen atoms in total. The van der Waals surface area contributed by atoms with E-state index in [0.717, 1.165) is 24.2 Å². The first-order valence-corrected chi connectivity index (χ1v) is 7.31. The molecular formula is C15H16N6O. The summed E-state index contributed by atoms with van der Waals surface area (Å²) in [6, 6.07) is 1.79. The van der Waals surface area contributed by atoms with Crippen molar-refractivity contribution in [3.05, 3.63) is 47.7 Å². The Balaban J connectivity index is 1.58. The summed E-state index contributed by atoms with van der Waals surface area (Å²) in [5.41, 5.74) is 3.45. The Kier molecular flexibility index (Phi) is 2.92. The summed E-state index contributed by atoms with van der Waals surface area (Å²) in [6.45, 7) is 3.48. The average Bonchev–Trinajstić information content (AvgIpc) is 3.25. The van der Waals surface area contributed by atoms with E-state index >= 15 is 0 Å². The summed E-state index contributed by atoms with van der Waals surface area (Å²) in [5, 5.41) is 11.3. The number of rotatable bonds is 2. The molecule has 1 aliphatic rings. The van der Waals surface area contributed by atoms with Gasteiger partial charge in [0.1, 0.15) is 5.56 Å². The van der Waals surface area contributed by atoms with Gasteiger partial charge >= 0.3 is 0 Å². The first kappa shape index (κ1) is 13.0. The van der Waals surface area contributed by atoms with Crippen molar-refractivity contribution in [3.8, 4) is 0 Å². The molecule has 1 saturated heterocycles. The lowest BCUT2D eigenvalue weighted by molar-refractivity contribution is 0.0792. The number of amides is 1. The zero-order valence-electron chi connectivity index (χ0n) is 12.2. The van der Waals surface area contributed by atoms with Crippen LogP contribution in [0, 0.1) is 6.92 Å². The summed E-state index contributed by atoms with van der Waals surface area (Å²) in [7, 11) is 0. The van der Waals surface area contributed by atoms with E-state index in [-0.39, 0.29) is 5.91 Å². The summed E-state index contributed by atoms with van der Waals surface area (Å²) >= 11 is 0. The Morgan fingerprint density at radius 2 is 2.32 bits per heavy atom. The smallest absolute Gasteiger partial charge is 0.259 e. The number of aromatic nitrogens is 5. The lowest BCUT2D eigenvalue weighted by Crippen LogP contribution is -2.28. The van der Waals surface area contributed by atoms with Gasteiger partial charge in [-0.25, -0.2) is 9.50 Å². The van der Waals surface area contributed by atoms with Crippen LogP contribution in [0.5, 0.6) is 0 Å². The molecule has 4 heterocycles. The van der Waals surface area contributed by atoms with Gasteiger partial charge in [0.25, 0.3) is 5.91 Å². The molecule has 0 aliphatic carbocycles. The third kappa shape index (κ3) is 1.97. The van der Waals surface area contributed by atoms with Gasteiger partial charge in [-0.1, -0.05) is 0 Å². The molecule has 3 aromatic heterocycles. The lowest BCUT2D eigenvalue weighted by Gasteiger charge is -2.15. The minimum Gasteiger partial charge on any atom is -0.338 e. The summed E-state index contributed by atoms with van der Waals surface area (Å²) < 4.78 is 1.62. The highest BCUT2D eigenvalue weighted by molar-refractivity contribution is 5.99. The maximum absolute atomic E-state index is 12.7. The van der Waals surface area contributed by atoms with Gasteiger partial charge in [0.2, 0.25) is 0 Å². The van der Waals surface area contributed by atoms with Gasteiger partial charge in [-0.3, -0.25) is 9.89 Å². The fourth-order valence-electron chi connectivity index (χ4n) is 3.10. The highest BCUT2D eigenvalue weighted by Crippen LogP contribution is 2.28. The topological polar surface area (TPSA) is 79.2 Å². The van der Waals surface area contributed by atoms with Gasteiger partial charge in [-0.05, 0) is 25.0 Å². The second-order valence-corrected chi connectivity index (χ2v) is 5.65. The number of aromatic amines is 1. The van der Waals surface area contributed by atoms with Gasteiger partial charge in [-0.15, -0.1) is 0 Å². The summed E-state index contributed by atoms with van der Waals surface area (Å²) in [5.74, 6) is 0.314. The number of hydrogen-bond acceptors (Lipinski definition) is 4. The average molecular weight is 296 g/mol. The van der Waals surface area contributed by atoms with E-state index in [2.05, 4.69) is 20.3 Å². The van der Waals surface area contributed by atoms with Crippen molar-refractivity contribution in [1.82, 2.24) is 29.7 Å². The van der Waals surface area contributed by atoms with Crippen molar-refractivity contribution < 1.29 is 4.79 Å². The Bertz CT molecular complexity index is 835. The number of nitrogens with zero attached hydrogens (tertiary/aromatic N) is 5. The number of carbonyl (C=O) groups is 1. The van der Waals surface area contributed by atoms with E-state index in [4.69, 9.17) is 0 Å². The second-order valence-electron chi connectivity index (χ2n) is 5.65. The predicted octanol–water partition coefficient (Wildman–Crippen LogP) is 1.39. The molecule has 0 saturated carbocycles. The van der Waals surface area contributed by atoms with E-state index in [1.165, 1.54) is 0 Å². The fourth-order valence-corrected chi connectivity index (χ4v) is 3.10. The molecule has 3 aromatic rings. The molecule has 0 spiro atoms. The molecule has 0 aromatic carbocycles. The zero-order valence-corrected chi connectivity index (χ0v) is 12.2. The molecule has 1 fully saturated rings. The van der Waals surface area contributed by atoms with Crippen LogP contribution in [0.3, 0.4) is 0 Å². The number of aryl methyl sites for hydroxylation is 1. The standard InChI is InChI=1S/C15H16N6O/c1-10-7-17-19-13(10)11-3-6-20(9-11)15(22)12-8-18-21-5-2-4-16-14(12)21/h2,4-5,7-8,11H,3,6,9H2,1H3,(H,17,19)/t11-/m1/s1. The van der Waals surface area contributed by atoms with Crippen LogP contribution in [-0.2, 0) is 0 Å². The molecule has 112 valence electrons. The quantitative estimate of drug-likeness (QED) is 0.775. The number of fused-ring (bicyclic) bond motifs is 1. The van der Waals surface area contributed by atoms with E-state index < -0.39 is 0 Å². The van der Waals surface area contributed by atoms with Crippen LogP contribution >= 0.6 is 0 Å². The normalized spacial score (nSPS) is 18.2. The molecule has 1 amide bonds. The molecule has 7 heteroatoms. The van der Waals surface area contributed by atoms with Crippen molar-refractivity contribution in [2.24, 2.45) is 0 Å². The molecule has 4 rings (SSSR count). The predicted molar refractivity (Wildman–Crippen MR) is 79.6 cm³/mol. The zero-order chi connectivity index (χ0) is 15.1. The van der Waals surface area contributed by atoms with Gasteiger partial charge in [0.05, 0.1) is 12.4 Å². The van der Waals surface area contributed by atoms with Crippen LogP contribution in [0.25, 0.3) is 5.65 Å². The summed E-state index contributed by atoms with van der Waals surface area (Å²) in [4.78, 5) is 18.9. The monoisotopic (exact) mass is 296 g/mol. The maximum atomic E-state index is 12.7.